The first kappa shape index (κ1) is 19.8. The molecule has 0 spiro atoms. The number of carbonyl (C=O) groups is 2. The van der Waals surface area contributed by atoms with E-state index in [2.05, 4.69) is 0 Å². The van der Waals surface area contributed by atoms with E-state index >= 15 is 0 Å². The fourth-order valence-electron chi connectivity index (χ4n) is 2.54. The van der Waals surface area contributed by atoms with E-state index in [1.807, 2.05) is 26.0 Å². The van der Waals surface area contributed by atoms with Gasteiger partial charge in [-0.25, -0.2) is 4.79 Å². The third-order valence-corrected chi connectivity index (χ3v) is 4.26. The quantitative estimate of drug-likeness (QED) is 0.552. The van der Waals surface area contributed by atoms with Gasteiger partial charge in [0.2, 0.25) is 5.78 Å². The van der Waals surface area contributed by atoms with Gasteiger partial charge in [-0.15, -0.1) is 0 Å². The van der Waals surface area contributed by atoms with Crippen LogP contribution in [0.3, 0.4) is 0 Å². The molecule has 0 N–H and O–H groups in total. The second kappa shape index (κ2) is 8.23. The van der Waals surface area contributed by atoms with Crippen molar-refractivity contribution in [2.24, 2.45) is 0 Å². The Morgan fingerprint density at radius 2 is 1.73 bits per heavy atom. The minimum Gasteiger partial charge on any atom is -0.493 e. The van der Waals surface area contributed by atoms with Crippen molar-refractivity contribution in [3.63, 3.8) is 0 Å². The first-order valence-corrected chi connectivity index (χ1v) is 8.40. The lowest BCUT2D eigenvalue weighted by molar-refractivity contribution is 0.0318. The number of Topliss-reactive ketones (excluding diaryl/α,β-unsaturated/α-hetero) is 1. The summed E-state index contributed by atoms with van der Waals surface area (Å²) in [6.45, 7) is 5.29. The Morgan fingerprint density at radius 3 is 2.35 bits per heavy atom. The van der Waals surface area contributed by atoms with Crippen LogP contribution in [0.1, 0.15) is 38.8 Å². The van der Waals surface area contributed by atoms with Crippen molar-refractivity contribution in [2.45, 2.75) is 26.9 Å². The molecule has 0 saturated carbocycles. The fourth-order valence-corrected chi connectivity index (χ4v) is 2.83. The first-order valence-electron chi connectivity index (χ1n) is 8.02. The van der Waals surface area contributed by atoms with Gasteiger partial charge in [-0.05, 0) is 44.5 Å². The van der Waals surface area contributed by atoms with Crippen LogP contribution in [0.4, 0.5) is 0 Å². The Bertz CT molecular complexity index is 844. The average molecular weight is 377 g/mol. The molecule has 1 atom stereocenters. The summed E-state index contributed by atoms with van der Waals surface area (Å²) < 4.78 is 15.6. The van der Waals surface area contributed by atoms with Crippen LogP contribution in [0.25, 0.3) is 0 Å². The van der Waals surface area contributed by atoms with Crippen LogP contribution < -0.4 is 9.47 Å². The predicted molar refractivity (Wildman–Crippen MR) is 99.7 cm³/mol. The van der Waals surface area contributed by atoms with E-state index in [-0.39, 0.29) is 16.4 Å². The Labute approximate surface area is 157 Å². The highest BCUT2D eigenvalue weighted by molar-refractivity contribution is 6.32. The van der Waals surface area contributed by atoms with Gasteiger partial charge in [0.15, 0.2) is 17.6 Å². The summed E-state index contributed by atoms with van der Waals surface area (Å²) in [5.41, 5.74) is 2.51. The molecule has 0 unspecified atom stereocenters. The van der Waals surface area contributed by atoms with Gasteiger partial charge in [0.25, 0.3) is 0 Å². The SMILES string of the molecule is COc1cc(C(=O)O[C@@H](C)C(=O)c2cc(C)ccc2C)cc(Cl)c1OC. The third kappa shape index (κ3) is 4.17. The second-order valence-electron chi connectivity index (χ2n) is 5.92. The summed E-state index contributed by atoms with van der Waals surface area (Å²) in [6.07, 6.45) is -0.935. The van der Waals surface area contributed by atoms with Crippen LogP contribution in [0.15, 0.2) is 30.3 Å². The minimum absolute atomic E-state index is 0.174. The van der Waals surface area contributed by atoms with Gasteiger partial charge >= 0.3 is 5.97 Å². The number of methoxy groups -OCH3 is 2. The van der Waals surface area contributed by atoms with Gasteiger partial charge < -0.3 is 14.2 Å². The maximum Gasteiger partial charge on any atom is 0.339 e. The standard InChI is InChI=1S/C20H21ClO5/c1-11-6-7-12(2)15(8-11)18(22)13(3)26-20(23)14-9-16(21)19(25-5)17(10-14)24-4/h6-10,13H,1-5H3/t13-/m0/s1. The highest BCUT2D eigenvalue weighted by Gasteiger charge is 2.23. The molecule has 26 heavy (non-hydrogen) atoms. The zero-order valence-electron chi connectivity index (χ0n) is 15.4. The lowest BCUT2D eigenvalue weighted by Gasteiger charge is -2.15. The number of rotatable bonds is 6. The van der Waals surface area contributed by atoms with E-state index in [0.717, 1.165) is 11.1 Å². The van der Waals surface area contributed by atoms with Gasteiger partial charge in [-0.2, -0.15) is 0 Å². The lowest BCUT2D eigenvalue weighted by atomic mass is 9.99. The monoisotopic (exact) mass is 376 g/mol. The molecule has 0 saturated heterocycles. The molecular weight excluding hydrogens is 356 g/mol. The number of hydrogen-bond donors (Lipinski definition) is 0. The summed E-state index contributed by atoms with van der Waals surface area (Å²) in [7, 11) is 2.89. The van der Waals surface area contributed by atoms with Crippen molar-refractivity contribution < 1.29 is 23.8 Å². The fraction of sp³-hybridized carbons (Fsp3) is 0.300. The predicted octanol–water partition coefficient (Wildman–Crippen LogP) is 4.40. The molecule has 0 aromatic heterocycles. The number of aryl methyl sites for hydroxylation is 2. The average Bonchev–Trinajstić information content (AvgIpc) is 2.62. The van der Waals surface area contributed by atoms with Gasteiger partial charge in [-0.3, -0.25) is 4.79 Å². The summed E-state index contributed by atoms with van der Waals surface area (Å²) >= 11 is 6.11. The molecule has 2 aromatic carbocycles. The molecule has 0 fully saturated rings. The van der Waals surface area contributed by atoms with Crippen molar-refractivity contribution in [3.05, 3.63) is 57.6 Å². The van der Waals surface area contributed by atoms with E-state index < -0.39 is 12.1 Å². The summed E-state index contributed by atoms with van der Waals surface area (Å²) in [5.74, 6) is -0.296. The molecule has 6 heteroatoms. The number of esters is 1. The van der Waals surface area contributed by atoms with Crippen molar-refractivity contribution >= 4 is 23.4 Å². The number of hydrogen-bond acceptors (Lipinski definition) is 5. The summed E-state index contributed by atoms with van der Waals surface area (Å²) in [6, 6.07) is 8.46. The highest BCUT2D eigenvalue weighted by Crippen LogP contribution is 2.36. The molecule has 0 heterocycles. The smallest absolute Gasteiger partial charge is 0.339 e. The maximum absolute atomic E-state index is 12.6. The van der Waals surface area contributed by atoms with Crippen LogP contribution in [0.2, 0.25) is 5.02 Å². The first-order chi connectivity index (χ1) is 12.3. The molecule has 138 valence electrons. The summed E-state index contributed by atoms with van der Waals surface area (Å²) in [5, 5.41) is 0.215. The molecule has 5 nitrogen and oxygen atoms in total. The van der Waals surface area contributed by atoms with E-state index in [1.54, 1.807) is 13.0 Å². The Kier molecular flexibility index (Phi) is 6.27. The number of ether oxygens (including phenoxy) is 3. The van der Waals surface area contributed by atoms with E-state index in [4.69, 9.17) is 25.8 Å². The number of carbonyl (C=O) groups excluding carboxylic acids is 2. The maximum atomic E-state index is 12.6. The summed E-state index contributed by atoms with van der Waals surface area (Å²) in [4.78, 5) is 25.1. The van der Waals surface area contributed by atoms with Crippen LogP contribution in [0.5, 0.6) is 11.5 Å². The minimum atomic E-state index is -0.935. The van der Waals surface area contributed by atoms with Crippen LogP contribution in [0, 0.1) is 13.8 Å². The van der Waals surface area contributed by atoms with E-state index in [0.29, 0.717) is 17.1 Å². The van der Waals surface area contributed by atoms with Gasteiger partial charge in [0.05, 0.1) is 24.8 Å². The van der Waals surface area contributed by atoms with Gasteiger partial charge in [0, 0.05) is 5.56 Å². The van der Waals surface area contributed by atoms with Crippen LogP contribution >= 0.6 is 11.6 Å². The normalized spacial score (nSPS) is 11.6. The molecule has 0 amide bonds. The van der Waals surface area contributed by atoms with Gasteiger partial charge in [-0.1, -0.05) is 29.3 Å². The topological polar surface area (TPSA) is 61.8 Å². The largest absolute Gasteiger partial charge is 0.493 e. The molecular formula is C20H21ClO5. The number of benzene rings is 2. The molecule has 0 aliphatic rings. The third-order valence-electron chi connectivity index (χ3n) is 3.98. The lowest BCUT2D eigenvalue weighted by Crippen LogP contribution is -2.25. The molecule has 2 rings (SSSR count). The molecule has 0 radical (unpaired) electrons. The Morgan fingerprint density at radius 1 is 1.04 bits per heavy atom. The van der Waals surface area contributed by atoms with E-state index in [9.17, 15) is 9.59 Å². The van der Waals surface area contributed by atoms with Crippen molar-refractivity contribution in [2.75, 3.05) is 14.2 Å². The molecule has 0 bridgehead atoms. The Balaban J connectivity index is 2.22. The zero-order valence-corrected chi connectivity index (χ0v) is 16.1. The van der Waals surface area contributed by atoms with Crippen molar-refractivity contribution in [1.29, 1.82) is 0 Å². The Hall–Kier alpha value is -2.53. The van der Waals surface area contributed by atoms with Crippen LogP contribution in [-0.2, 0) is 4.74 Å². The zero-order chi connectivity index (χ0) is 19.4. The molecule has 0 aliphatic heterocycles. The number of ketones is 1. The number of halogens is 1. The van der Waals surface area contributed by atoms with Gasteiger partial charge in [0.1, 0.15) is 0 Å². The van der Waals surface area contributed by atoms with Crippen molar-refractivity contribution in [3.8, 4) is 11.5 Å². The van der Waals surface area contributed by atoms with Crippen LogP contribution in [-0.4, -0.2) is 32.1 Å². The molecule has 2 aromatic rings. The molecule has 0 aliphatic carbocycles. The second-order valence-corrected chi connectivity index (χ2v) is 6.33. The van der Waals surface area contributed by atoms with Crippen molar-refractivity contribution in [1.82, 2.24) is 0 Å². The highest BCUT2D eigenvalue weighted by atomic mass is 35.5. The van der Waals surface area contributed by atoms with E-state index in [1.165, 1.54) is 26.4 Å².